The molecule has 1 aliphatic heterocycles. The Morgan fingerprint density at radius 3 is 2.69 bits per heavy atom. The van der Waals surface area contributed by atoms with Crippen LogP contribution in [0.15, 0.2) is 0 Å². The molecule has 1 heterocycles. The first-order valence-electron chi connectivity index (χ1n) is 3.94. The molecule has 0 bridgehead atoms. The Hall–Kier alpha value is 0.0300. The Kier molecular flexibility index (Phi) is 5.71. The number of aliphatic hydroxyl groups excluding tert-OH is 1. The predicted octanol–water partition coefficient (Wildman–Crippen LogP) is 0.414. The van der Waals surface area contributed by atoms with Crippen molar-refractivity contribution in [1.82, 2.24) is 5.32 Å². The zero-order chi connectivity index (χ0) is 9.03. The van der Waals surface area contributed by atoms with Gasteiger partial charge in [-0.05, 0) is 6.42 Å². The van der Waals surface area contributed by atoms with E-state index in [1.54, 1.807) is 0 Å². The lowest BCUT2D eigenvalue weighted by Crippen LogP contribution is -2.41. The van der Waals surface area contributed by atoms with Crippen LogP contribution in [-0.4, -0.2) is 43.4 Å². The van der Waals surface area contributed by atoms with Gasteiger partial charge in [0.25, 0.3) is 5.92 Å². The molecule has 0 radical (unpaired) electrons. The average Bonchev–Trinajstić information content (AvgIpc) is 2.53. The maximum atomic E-state index is 12.5. The third kappa shape index (κ3) is 4.71. The van der Waals surface area contributed by atoms with Crippen LogP contribution in [0.25, 0.3) is 0 Å². The summed E-state index contributed by atoms with van der Waals surface area (Å²) in [6.07, 6.45) is 0.765. The summed E-state index contributed by atoms with van der Waals surface area (Å²) >= 11 is 0. The monoisotopic (exact) mass is 217 g/mol. The average molecular weight is 218 g/mol. The Balaban J connectivity index is 0.00000144. The van der Waals surface area contributed by atoms with Gasteiger partial charge in [-0.15, -0.1) is 12.4 Å². The fourth-order valence-electron chi connectivity index (χ4n) is 1.05. The fourth-order valence-corrected chi connectivity index (χ4v) is 1.05. The molecule has 2 N–H and O–H groups in total. The van der Waals surface area contributed by atoms with Crippen LogP contribution in [-0.2, 0) is 4.74 Å². The largest absolute Gasteiger partial charge is 0.390 e. The smallest absolute Gasteiger partial charge is 0.282 e. The van der Waals surface area contributed by atoms with Gasteiger partial charge in [0.2, 0.25) is 0 Å². The molecule has 0 aromatic heterocycles. The molecule has 0 saturated carbocycles. The minimum Gasteiger partial charge on any atom is -0.390 e. The number of alkyl halides is 2. The number of nitrogens with one attached hydrogen (secondary N) is 1. The number of hydrogen-bond acceptors (Lipinski definition) is 3. The van der Waals surface area contributed by atoms with Crippen molar-refractivity contribution >= 4 is 12.4 Å². The Bertz CT molecular complexity index is 142. The van der Waals surface area contributed by atoms with Crippen LogP contribution < -0.4 is 5.32 Å². The van der Waals surface area contributed by atoms with E-state index >= 15 is 0 Å². The van der Waals surface area contributed by atoms with E-state index < -0.39 is 19.1 Å². The van der Waals surface area contributed by atoms with E-state index in [2.05, 4.69) is 5.32 Å². The molecule has 0 aromatic carbocycles. The zero-order valence-electron chi connectivity index (χ0n) is 7.13. The van der Waals surface area contributed by atoms with Crippen LogP contribution in [0.3, 0.4) is 0 Å². The van der Waals surface area contributed by atoms with Crippen molar-refractivity contribution in [2.45, 2.75) is 18.4 Å². The summed E-state index contributed by atoms with van der Waals surface area (Å²) in [7, 11) is 0. The van der Waals surface area contributed by atoms with Crippen molar-refractivity contribution in [3.05, 3.63) is 0 Å². The molecule has 6 heteroatoms. The second-order valence-corrected chi connectivity index (χ2v) is 2.96. The lowest BCUT2D eigenvalue weighted by atomic mass is 10.2. The first-order valence-corrected chi connectivity index (χ1v) is 3.94. The number of hydrogen-bond donors (Lipinski definition) is 2. The van der Waals surface area contributed by atoms with E-state index in [1.807, 2.05) is 0 Å². The highest BCUT2D eigenvalue weighted by Gasteiger charge is 2.29. The number of ether oxygens (including phenoxy) is 1. The van der Waals surface area contributed by atoms with Gasteiger partial charge in [-0.25, -0.2) is 8.78 Å². The third-order valence-electron chi connectivity index (χ3n) is 1.81. The summed E-state index contributed by atoms with van der Waals surface area (Å²) in [6, 6.07) is 0.0161. The number of aliphatic hydroxyl groups is 1. The van der Waals surface area contributed by atoms with Gasteiger partial charge in [0.1, 0.15) is 6.61 Å². The standard InChI is InChI=1S/C7H13F2NO2.ClH/c8-7(9,5-11)4-10-6-1-2-12-3-6;/h6,10-11H,1-5H2;1H. The topological polar surface area (TPSA) is 41.5 Å². The highest BCUT2D eigenvalue weighted by atomic mass is 35.5. The molecule has 13 heavy (non-hydrogen) atoms. The molecule has 1 aliphatic rings. The lowest BCUT2D eigenvalue weighted by Gasteiger charge is -2.16. The van der Waals surface area contributed by atoms with Gasteiger partial charge in [-0.3, -0.25) is 0 Å². The van der Waals surface area contributed by atoms with Crippen molar-refractivity contribution in [1.29, 1.82) is 0 Å². The molecule has 1 unspecified atom stereocenters. The summed E-state index contributed by atoms with van der Waals surface area (Å²) in [6.45, 7) is -0.463. The summed E-state index contributed by atoms with van der Waals surface area (Å²) in [5.41, 5.74) is 0. The highest BCUT2D eigenvalue weighted by Crippen LogP contribution is 2.11. The molecule has 3 nitrogen and oxygen atoms in total. The summed E-state index contributed by atoms with van der Waals surface area (Å²) < 4.78 is 29.9. The quantitative estimate of drug-likeness (QED) is 0.717. The maximum absolute atomic E-state index is 12.5. The van der Waals surface area contributed by atoms with E-state index in [9.17, 15) is 8.78 Å². The number of rotatable bonds is 4. The van der Waals surface area contributed by atoms with Gasteiger partial charge < -0.3 is 15.2 Å². The van der Waals surface area contributed by atoms with Crippen molar-refractivity contribution < 1.29 is 18.6 Å². The first kappa shape index (κ1) is 13.0. The predicted molar refractivity (Wildman–Crippen MR) is 46.5 cm³/mol. The summed E-state index contributed by atoms with van der Waals surface area (Å²) in [4.78, 5) is 0. The number of halogens is 3. The minimum absolute atomic E-state index is 0. The molecule has 0 aromatic rings. The Morgan fingerprint density at radius 1 is 1.54 bits per heavy atom. The molecule has 1 rings (SSSR count). The maximum Gasteiger partial charge on any atom is 0.282 e. The van der Waals surface area contributed by atoms with Gasteiger partial charge in [0.05, 0.1) is 13.2 Å². The second kappa shape index (κ2) is 5.70. The lowest BCUT2D eigenvalue weighted by molar-refractivity contribution is -0.0493. The normalized spacial score (nSPS) is 22.8. The third-order valence-corrected chi connectivity index (χ3v) is 1.81. The molecule has 1 saturated heterocycles. The van der Waals surface area contributed by atoms with Gasteiger partial charge in [-0.1, -0.05) is 0 Å². The van der Waals surface area contributed by atoms with E-state index in [0.29, 0.717) is 13.2 Å². The van der Waals surface area contributed by atoms with Crippen LogP contribution in [0.2, 0.25) is 0 Å². The molecule has 1 fully saturated rings. The minimum atomic E-state index is -3.01. The highest BCUT2D eigenvalue weighted by molar-refractivity contribution is 5.85. The van der Waals surface area contributed by atoms with Crippen molar-refractivity contribution in [3.8, 4) is 0 Å². The molecule has 0 amide bonds. The van der Waals surface area contributed by atoms with Gasteiger partial charge in [-0.2, -0.15) is 0 Å². The Labute approximate surface area is 81.9 Å². The molecular weight excluding hydrogens is 204 g/mol. The van der Waals surface area contributed by atoms with E-state index in [4.69, 9.17) is 9.84 Å². The van der Waals surface area contributed by atoms with Gasteiger partial charge >= 0.3 is 0 Å². The van der Waals surface area contributed by atoms with Gasteiger partial charge in [0.15, 0.2) is 0 Å². The molecule has 80 valence electrons. The van der Waals surface area contributed by atoms with Crippen LogP contribution >= 0.6 is 12.4 Å². The second-order valence-electron chi connectivity index (χ2n) is 2.96. The fraction of sp³-hybridized carbons (Fsp3) is 1.00. The van der Waals surface area contributed by atoms with Crippen LogP contribution in [0, 0.1) is 0 Å². The first-order chi connectivity index (χ1) is 5.64. The molecule has 1 atom stereocenters. The Morgan fingerprint density at radius 2 is 2.23 bits per heavy atom. The molecule has 0 spiro atoms. The van der Waals surface area contributed by atoms with Crippen LogP contribution in [0.1, 0.15) is 6.42 Å². The van der Waals surface area contributed by atoms with Crippen LogP contribution in [0.4, 0.5) is 8.78 Å². The summed E-state index contributed by atoms with van der Waals surface area (Å²) in [5, 5.41) is 10.9. The van der Waals surface area contributed by atoms with E-state index in [-0.39, 0.29) is 18.4 Å². The van der Waals surface area contributed by atoms with E-state index in [1.165, 1.54) is 0 Å². The van der Waals surface area contributed by atoms with Crippen LogP contribution in [0.5, 0.6) is 0 Å². The molecule has 0 aliphatic carbocycles. The SMILES string of the molecule is Cl.OCC(F)(F)CNC1CCOC1. The van der Waals surface area contributed by atoms with E-state index in [0.717, 1.165) is 6.42 Å². The molecular formula is C7H14ClF2NO2. The van der Waals surface area contributed by atoms with Gasteiger partial charge in [0, 0.05) is 12.6 Å². The zero-order valence-corrected chi connectivity index (χ0v) is 7.95. The van der Waals surface area contributed by atoms with Crippen molar-refractivity contribution in [2.75, 3.05) is 26.4 Å². The summed E-state index contributed by atoms with van der Waals surface area (Å²) in [5.74, 6) is -3.01. The van der Waals surface area contributed by atoms with Crippen molar-refractivity contribution in [3.63, 3.8) is 0 Å². The van der Waals surface area contributed by atoms with Crippen molar-refractivity contribution in [2.24, 2.45) is 0 Å².